The van der Waals surface area contributed by atoms with Crippen molar-refractivity contribution in [3.63, 3.8) is 0 Å². The van der Waals surface area contributed by atoms with Crippen molar-refractivity contribution in [2.24, 2.45) is 11.5 Å². The number of nitrogens with one attached hydrogen (secondary N) is 1. The van der Waals surface area contributed by atoms with Crippen molar-refractivity contribution in [1.29, 1.82) is 0 Å². The molecule has 1 atom stereocenters. The molecule has 0 bridgehead atoms. The van der Waals surface area contributed by atoms with Crippen LogP contribution in [0.4, 0.5) is 10.5 Å². The lowest BCUT2D eigenvalue weighted by molar-refractivity contribution is 0.259. The van der Waals surface area contributed by atoms with Gasteiger partial charge in [-0.15, -0.1) is 0 Å². The van der Waals surface area contributed by atoms with Gasteiger partial charge in [0.25, 0.3) is 0 Å². The van der Waals surface area contributed by atoms with Crippen LogP contribution in [0.5, 0.6) is 0 Å². The molecule has 1 rings (SSSR count). The lowest BCUT2D eigenvalue weighted by atomic mass is 10.1. The largest absolute Gasteiger partial charge is 0.351 e. The Morgan fingerprint density at radius 3 is 2.77 bits per heavy atom. The maximum absolute atomic E-state index is 10.5. The van der Waals surface area contributed by atoms with Crippen LogP contribution in [0.2, 0.25) is 0 Å². The molecule has 1 aromatic carbocycles. The minimum atomic E-state index is -0.568. The van der Waals surface area contributed by atoms with Gasteiger partial charge in [-0.2, -0.15) is 0 Å². The minimum absolute atomic E-state index is 0.0466. The summed E-state index contributed by atoms with van der Waals surface area (Å²) < 4.78 is 0. The number of anilines is 1. The van der Waals surface area contributed by atoms with E-state index in [0.29, 0.717) is 5.69 Å². The molecule has 0 aliphatic carbocycles. The quantitative estimate of drug-likeness (QED) is 0.637. The maximum atomic E-state index is 10.5. The molecule has 1 unspecified atom stereocenters. The Morgan fingerprint density at radius 2 is 2.23 bits per heavy atom. The molecule has 0 radical (unpaired) electrons. The van der Waals surface area contributed by atoms with E-state index in [1.807, 2.05) is 19.1 Å². The molecule has 0 fully saturated rings. The number of carbonyl (C=O) groups excluding carboxylic acids is 1. The third-order valence-electron chi connectivity index (χ3n) is 1.68. The van der Waals surface area contributed by atoms with Gasteiger partial charge in [0, 0.05) is 11.7 Å². The summed E-state index contributed by atoms with van der Waals surface area (Å²) in [6.07, 6.45) is 0. The molecular weight excluding hydrogens is 166 g/mol. The number of benzene rings is 1. The van der Waals surface area contributed by atoms with Gasteiger partial charge in [-0.1, -0.05) is 12.1 Å². The van der Waals surface area contributed by atoms with Gasteiger partial charge >= 0.3 is 6.03 Å². The SMILES string of the molecule is CC(N)c1cccc(NC(N)=O)c1. The van der Waals surface area contributed by atoms with Crippen LogP contribution in [0.1, 0.15) is 18.5 Å². The van der Waals surface area contributed by atoms with Gasteiger partial charge in [0.15, 0.2) is 0 Å². The Bertz CT molecular complexity index is 309. The summed E-state index contributed by atoms with van der Waals surface area (Å²) in [5.74, 6) is 0. The fourth-order valence-corrected chi connectivity index (χ4v) is 1.04. The third kappa shape index (κ3) is 2.76. The molecule has 0 aromatic heterocycles. The molecule has 0 spiro atoms. The van der Waals surface area contributed by atoms with Crippen LogP contribution >= 0.6 is 0 Å². The van der Waals surface area contributed by atoms with E-state index in [9.17, 15) is 4.79 Å². The molecule has 4 nitrogen and oxygen atoms in total. The Hall–Kier alpha value is -1.55. The lowest BCUT2D eigenvalue weighted by Crippen LogP contribution is -2.19. The second kappa shape index (κ2) is 3.91. The molecule has 0 heterocycles. The van der Waals surface area contributed by atoms with Crippen LogP contribution in [0, 0.1) is 0 Å². The van der Waals surface area contributed by atoms with Crippen molar-refractivity contribution >= 4 is 11.7 Å². The van der Waals surface area contributed by atoms with Crippen molar-refractivity contribution in [2.75, 3.05) is 5.32 Å². The maximum Gasteiger partial charge on any atom is 0.316 e. The third-order valence-corrected chi connectivity index (χ3v) is 1.68. The predicted octanol–water partition coefficient (Wildman–Crippen LogP) is 1.20. The molecule has 5 N–H and O–H groups in total. The Balaban J connectivity index is 2.85. The monoisotopic (exact) mass is 179 g/mol. The molecule has 70 valence electrons. The van der Waals surface area contributed by atoms with Crippen LogP contribution in [0.3, 0.4) is 0 Å². The number of urea groups is 1. The molecule has 13 heavy (non-hydrogen) atoms. The number of hydrogen-bond donors (Lipinski definition) is 3. The molecule has 0 aliphatic heterocycles. The first-order valence-corrected chi connectivity index (χ1v) is 4.01. The van der Waals surface area contributed by atoms with Crippen molar-refractivity contribution in [3.05, 3.63) is 29.8 Å². The molecule has 0 saturated carbocycles. The average Bonchev–Trinajstić information content (AvgIpc) is 2.03. The van der Waals surface area contributed by atoms with Gasteiger partial charge in [-0.25, -0.2) is 4.79 Å². The highest BCUT2D eigenvalue weighted by atomic mass is 16.2. The topological polar surface area (TPSA) is 81.1 Å². The number of hydrogen-bond acceptors (Lipinski definition) is 2. The number of rotatable bonds is 2. The second-order valence-electron chi connectivity index (χ2n) is 2.90. The predicted molar refractivity (Wildman–Crippen MR) is 52.3 cm³/mol. The lowest BCUT2D eigenvalue weighted by Gasteiger charge is -2.07. The number of amides is 2. The van der Waals surface area contributed by atoms with E-state index in [1.165, 1.54) is 0 Å². The summed E-state index contributed by atoms with van der Waals surface area (Å²) in [5, 5.41) is 2.48. The summed E-state index contributed by atoms with van der Waals surface area (Å²) in [6, 6.07) is 6.67. The van der Waals surface area contributed by atoms with Gasteiger partial charge < -0.3 is 16.8 Å². The van der Waals surface area contributed by atoms with E-state index in [0.717, 1.165) is 5.56 Å². The number of nitrogens with two attached hydrogens (primary N) is 2. The Labute approximate surface area is 76.9 Å². The van der Waals surface area contributed by atoms with E-state index in [1.54, 1.807) is 12.1 Å². The smallest absolute Gasteiger partial charge is 0.316 e. The fraction of sp³-hybridized carbons (Fsp3) is 0.222. The van der Waals surface area contributed by atoms with Gasteiger partial charge in [0.05, 0.1) is 0 Å². The van der Waals surface area contributed by atoms with E-state index in [4.69, 9.17) is 11.5 Å². The van der Waals surface area contributed by atoms with E-state index in [2.05, 4.69) is 5.32 Å². The zero-order chi connectivity index (χ0) is 9.84. The number of primary amides is 1. The van der Waals surface area contributed by atoms with Crippen molar-refractivity contribution in [3.8, 4) is 0 Å². The summed E-state index contributed by atoms with van der Waals surface area (Å²) in [7, 11) is 0. The normalized spacial score (nSPS) is 12.2. The highest BCUT2D eigenvalue weighted by Gasteiger charge is 2.00. The highest BCUT2D eigenvalue weighted by molar-refractivity contribution is 5.87. The van der Waals surface area contributed by atoms with E-state index in [-0.39, 0.29) is 6.04 Å². The minimum Gasteiger partial charge on any atom is -0.351 e. The molecule has 4 heteroatoms. The average molecular weight is 179 g/mol. The van der Waals surface area contributed by atoms with Crippen LogP contribution in [0.15, 0.2) is 24.3 Å². The molecule has 0 saturated heterocycles. The highest BCUT2D eigenvalue weighted by Crippen LogP contribution is 2.14. The molecule has 0 aliphatic rings. The van der Waals surface area contributed by atoms with Crippen molar-refractivity contribution in [2.45, 2.75) is 13.0 Å². The number of carbonyl (C=O) groups is 1. The molecular formula is C9H13N3O. The van der Waals surface area contributed by atoms with E-state index >= 15 is 0 Å². The first-order chi connectivity index (χ1) is 6.09. The standard InChI is InChI=1S/C9H13N3O/c1-6(10)7-3-2-4-8(5-7)12-9(11)13/h2-6H,10H2,1H3,(H3,11,12,13). The van der Waals surface area contributed by atoms with E-state index < -0.39 is 6.03 Å². The van der Waals surface area contributed by atoms with Gasteiger partial charge in [0.1, 0.15) is 0 Å². The van der Waals surface area contributed by atoms with Gasteiger partial charge in [-0.3, -0.25) is 0 Å². The van der Waals surface area contributed by atoms with Crippen LogP contribution < -0.4 is 16.8 Å². The van der Waals surface area contributed by atoms with Crippen LogP contribution in [0.25, 0.3) is 0 Å². The van der Waals surface area contributed by atoms with Gasteiger partial charge in [0.2, 0.25) is 0 Å². The van der Waals surface area contributed by atoms with Crippen molar-refractivity contribution in [1.82, 2.24) is 0 Å². The fourth-order valence-electron chi connectivity index (χ4n) is 1.04. The zero-order valence-electron chi connectivity index (χ0n) is 7.45. The first kappa shape index (κ1) is 9.54. The van der Waals surface area contributed by atoms with Crippen LogP contribution in [-0.2, 0) is 0 Å². The summed E-state index contributed by atoms with van der Waals surface area (Å²) in [5.41, 5.74) is 12.3. The van der Waals surface area contributed by atoms with Gasteiger partial charge in [-0.05, 0) is 24.6 Å². The summed E-state index contributed by atoms with van der Waals surface area (Å²) in [4.78, 5) is 10.5. The second-order valence-corrected chi connectivity index (χ2v) is 2.90. The zero-order valence-corrected chi connectivity index (χ0v) is 7.45. The molecule has 2 amide bonds. The molecule has 1 aromatic rings. The first-order valence-electron chi connectivity index (χ1n) is 4.01. The van der Waals surface area contributed by atoms with Crippen molar-refractivity contribution < 1.29 is 4.79 Å². The summed E-state index contributed by atoms with van der Waals surface area (Å²) >= 11 is 0. The summed E-state index contributed by atoms with van der Waals surface area (Å²) in [6.45, 7) is 1.88. The van der Waals surface area contributed by atoms with Crippen LogP contribution in [-0.4, -0.2) is 6.03 Å². The Kier molecular flexibility index (Phi) is 2.87. The Morgan fingerprint density at radius 1 is 1.54 bits per heavy atom.